The zero-order chi connectivity index (χ0) is 32.5. The van der Waals surface area contributed by atoms with Crippen LogP contribution < -0.4 is 0 Å². The molecule has 6 N–H and O–H groups in total. The number of ether oxygens (including phenoxy) is 5. The highest BCUT2D eigenvalue weighted by Gasteiger charge is 2.58. The Kier molecular flexibility index (Phi) is 8.79. The summed E-state index contributed by atoms with van der Waals surface area (Å²) in [6.45, 7) is 4.27. The first kappa shape index (κ1) is 32.8. The summed E-state index contributed by atoms with van der Waals surface area (Å²) in [6, 6.07) is 0. The summed E-state index contributed by atoms with van der Waals surface area (Å²) in [4.78, 5) is 11.8. The predicted molar refractivity (Wildman–Crippen MR) is 159 cm³/mol. The molecule has 0 radical (unpaired) electrons. The first-order valence-corrected chi connectivity index (χ1v) is 16.8. The molecule has 5 fully saturated rings. The molecule has 0 spiro atoms. The fourth-order valence-corrected chi connectivity index (χ4v) is 9.88. The van der Waals surface area contributed by atoms with Gasteiger partial charge in [0, 0.05) is 17.1 Å². The maximum absolute atomic E-state index is 11.8. The van der Waals surface area contributed by atoms with Gasteiger partial charge in [-0.25, -0.2) is 4.79 Å². The first-order chi connectivity index (χ1) is 21.9. The molecule has 12 heteroatoms. The van der Waals surface area contributed by atoms with Gasteiger partial charge < -0.3 is 54.3 Å². The first-order valence-electron chi connectivity index (χ1n) is 16.8. The Labute approximate surface area is 268 Å². The van der Waals surface area contributed by atoms with E-state index in [9.17, 15) is 35.4 Å². The number of esters is 1. The van der Waals surface area contributed by atoms with Crippen molar-refractivity contribution in [1.82, 2.24) is 0 Å². The molecule has 4 aliphatic carbocycles. The molecule has 0 aromatic heterocycles. The molecule has 7 aliphatic rings. The van der Waals surface area contributed by atoms with E-state index in [2.05, 4.69) is 26.0 Å². The molecular formula is C34H48O12. The number of aliphatic hydroxyl groups excluding tert-OH is 6. The summed E-state index contributed by atoms with van der Waals surface area (Å²) >= 11 is 0. The topological polar surface area (TPSA) is 185 Å². The lowest BCUT2D eigenvalue weighted by molar-refractivity contribution is -0.364. The maximum Gasteiger partial charge on any atom is 0.331 e. The number of cyclic esters (lactones) is 1. The van der Waals surface area contributed by atoms with E-state index < -0.39 is 61.9 Å². The van der Waals surface area contributed by atoms with Gasteiger partial charge in [0.2, 0.25) is 0 Å². The lowest BCUT2D eigenvalue weighted by atomic mass is 9.46. The molecule has 15 atom stereocenters. The molecule has 3 aliphatic heterocycles. The fourth-order valence-electron chi connectivity index (χ4n) is 9.88. The van der Waals surface area contributed by atoms with Gasteiger partial charge in [-0.1, -0.05) is 31.6 Å². The van der Waals surface area contributed by atoms with Gasteiger partial charge in [0.25, 0.3) is 0 Å². The highest BCUT2D eigenvalue weighted by atomic mass is 16.8. The number of fused-ring (bicyclic) bond motifs is 5. The van der Waals surface area contributed by atoms with E-state index in [1.165, 1.54) is 11.1 Å². The summed E-state index contributed by atoms with van der Waals surface area (Å²) in [5.41, 5.74) is 3.76. The van der Waals surface area contributed by atoms with Crippen molar-refractivity contribution in [1.29, 1.82) is 0 Å². The molecule has 2 unspecified atom stereocenters. The fraction of sp³-hybridized carbons (Fsp3) is 0.794. The van der Waals surface area contributed by atoms with Crippen molar-refractivity contribution >= 4 is 5.97 Å². The minimum absolute atomic E-state index is 0.0732. The van der Waals surface area contributed by atoms with Crippen LogP contribution in [0.1, 0.15) is 58.8 Å². The van der Waals surface area contributed by atoms with Crippen molar-refractivity contribution in [3.63, 3.8) is 0 Å². The van der Waals surface area contributed by atoms with E-state index >= 15 is 0 Å². The van der Waals surface area contributed by atoms with Crippen molar-refractivity contribution in [2.45, 2.75) is 120 Å². The van der Waals surface area contributed by atoms with Crippen molar-refractivity contribution in [3.8, 4) is 0 Å². The summed E-state index contributed by atoms with van der Waals surface area (Å²) in [7, 11) is 0. The molecule has 7 rings (SSSR count). The number of carbonyl (C=O) groups is 1. The minimum atomic E-state index is -1.60. The van der Waals surface area contributed by atoms with E-state index in [-0.39, 0.29) is 29.5 Å². The summed E-state index contributed by atoms with van der Waals surface area (Å²) < 4.78 is 28.9. The molecular weight excluding hydrogens is 600 g/mol. The molecule has 2 saturated heterocycles. The molecule has 46 heavy (non-hydrogen) atoms. The van der Waals surface area contributed by atoms with E-state index in [4.69, 9.17) is 23.7 Å². The van der Waals surface area contributed by atoms with Crippen molar-refractivity contribution < 1.29 is 59.1 Å². The lowest BCUT2D eigenvalue weighted by Gasteiger charge is -2.59. The van der Waals surface area contributed by atoms with Crippen LogP contribution in [0.5, 0.6) is 0 Å². The zero-order valence-corrected chi connectivity index (χ0v) is 26.4. The summed E-state index contributed by atoms with van der Waals surface area (Å²) in [5, 5.41) is 61.8. The third-order valence-electron chi connectivity index (χ3n) is 12.6. The highest BCUT2D eigenvalue weighted by Crippen LogP contribution is 2.66. The van der Waals surface area contributed by atoms with Crippen LogP contribution in [0.15, 0.2) is 34.9 Å². The SMILES string of the molecule is C[C@]12CC[C@H]3[C@@H](CCC4CC(O[C@@H]5O[C@H](CO)[C@H](O)[C@H](O)[C@H]5O[C@@H]5OC[C@@H](O)[C@H](O)[C@H]5O)CC[C@@]43C)C1=CC=C2C1=CC(=O)OC1. The second kappa shape index (κ2) is 12.3. The van der Waals surface area contributed by atoms with Crippen molar-refractivity contribution in [2.75, 3.05) is 19.8 Å². The third-order valence-corrected chi connectivity index (χ3v) is 12.6. The number of allylic oxidation sites excluding steroid dienone is 3. The Morgan fingerprint density at radius 1 is 0.913 bits per heavy atom. The van der Waals surface area contributed by atoms with Gasteiger partial charge in [-0.05, 0) is 73.7 Å². The lowest BCUT2D eigenvalue weighted by Crippen LogP contribution is -2.63. The second-order valence-corrected chi connectivity index (χ2v) is 14.9. The van der Waals surface area contributed by atoms with Gasteiger partial charge in [-0.3, -0.25) is 0 Å². The van der Waals surface area contributed by atoms with E-state index in [0.717, 1.165) is 50.5 Å². The Morgan fingerprint density at radius 3 is 2.46 bits per heavy atom. The van der Waals surface area contributed by atoms with Crippen LogP contribution >= 0.6 is 0 Å². The number of hydrogen-bond acceptors (Lipinski definition) is 12. The van der Waals surface area contributed by atoms with Crippen molar-refractivity contribution in [2.24, 2.45) is 28.6 Å². The molecule has 3 heterocycles. The van der Waals surface area contributed by atoms with Crippen LogP contribution in [-0.4, -0.2) is 118 Å². The van der Waals surface area contributed by atoms with Crippen LogP contribution in [0.25, 0.3) is 0 Å². The van der Waals surface area contributed by atoms with Gasteiger partial charge in [-0.2, -0.15) is 0 Å². The van der Waals surface area contributed by atoms with Gasteiger partial charge in [0.05, 0.1) is 19.3 Å². The number of hydrogen-bond donors (Lipinski definition) is 6. The monoisotopic (exact) mass is 648 g/mol. The van der Waals surface area contributed by atoms with Crippen LogP contribution in [0.2, 0.25) is 0 Å². The van der Waals surface area contributed by atoms with Gasteiger partial charge in [0.15, 0.2) is 12.6 Å². The Morgan fingerprint density at radius 2 is 1.72 bits per heavy atom. The second-order valence-electron chi connectivity index (χ2n) is 14.9. The molecule has 256 valence electrons. The molecule has 3 saturated carbocycles. The minimum Gasteiger partial charge on any atom is -0.458 e. The molecule has 0 bridgehead atoms. The maximum atomic E-state index is 11.8. The molecule has 0 amide bonds. The standard InChI is InChI=1S/C34H48O12/c1-33-9-7-18(44-32-30(28(40)27(39)24(13-35)45-32)46-31-29(41)26(38)23(36)15-43-31)12-17(33)3-4-19-21-6-5-20(16-11-25(37)42-14-16)34(21,2)10-8-22(19)33/h5-6,11,17-19,22-24,26-32,35-36,38-41H,3-4,7-10,12-15H2,1-2H3/t17?,18?,19-,22-,23+,24+,26-,27-,28-,29+,30+,31-,32+,33-,34+/m0/s1. The Bertz CT molecular complexity index is 1280. The average Bonchev–Trinajstić information content (AvgIpc) is 3.62. The normalized spacial score (nSPS) is 50.5. The molecule has 0 aromatic carbocycles. The van der Waals surface area contributed by atoms with Crippen molar-refractivity contribution in [3.05, 3.63) is 34.9 Å². The van der Waals surface area contributed by atoms with E-state index in [1.807, 2.05) is 0 Å². The highest BCUT2D eigenvalue weighted by molar-refractivity contribution is 5.87. The van der Waals surface area contributed by atoms with Crippen LogP contribution in [0.3, 0.4) is 0 Å². The molecule has 12 nitrogen and oxygen atoms in total. The smallest absolute Gasteiger partial charge is 0.331 e. The predicted octanol–water partition coefficient (Wildman–Crippen LogP) is 0.617. The summed E-state index contributed by atoms with van der Waals surface area (Å²) in [5.74, 6) is 1.14. The number of rotatable bonds is 6. The average molecular weight is 649 g/mol. The summed E-state index contributed by atoms with van der Waals surface area (Å²) in [6.07, 6.45) is 0.280. The van der Waals surface area contributed by atoms with E-state index in [1.54, 1.807) is 6.08 Å². The van der Waals surface area contributed by atoms with E-state index in [0.29, 0.717) is 24.4 Å². The largest absolute Gasteiger partial charge is 0.458 e. The Balaban J connectivity index is 1.03. The van der Waals surface area contributed by atoms with Gasteiger partial charge in [0.1, 0.15) is 49.3 Å². The Hall–Kier alpha value is -1.71. The number of aliphatic hydroxyl groups is 6. The van der Waals surface area contributed by atoms with Crippen LogP contribution in [0, 0.1) is 28.6 Å². The zero-order valence-electron chi connectivity index (χ0n) is 26.4. The van der Waals surface area contributed by atoms with Crippen LogP contribution in [-0.2, 0) is 28.5 Å². The van der Waals surface area contributed by atoms with Gasteiger partial charge in [-0.15, -0.1) is 0 Å². The number of carbonyl (C=O) groups excluding carboxylic acids is 1. The third kappa shape index (κ3) is 5.33. The molecule has 0 aromatic rings. The quantitative estimate of drug-likeness (QED) is 0.175. The van der Waals surface area contributed by atoms with Crippen LogP contribution in [0.4, 0.5) is 0 Å². The van der Waals surface area contributed by atoms with Gasteiger partial charge >= 0.3 is 5.97 Å².